The van der Waals surface area contributed by atoms with E-state index in [2.05, 4.69) is 41.4 Å². The zero-order chi connectivity index (χ0) is 15.7. The van der Waals surface area contributed by atoms with Crippen LogP contribution >= 0.6 is 0 Å². The Labute approximate surface area is 131 Å². The zero-order valence-corrected chi connectivity index (χ0v) is 13.6. The quantitative estimate of drug-likeness (QED) is 0.751. The van der Waals surface area contributed by atoms with Crippen LogP contribution in [0.5, 0.6) is 0 Å². The smallest absolute Gasteiger partial charge is 0.152 e. The molecule has 0 spiro atoms. The van der Waals surface area contributed by atoms with Crippen molar-refractivity contribution in [3.63, 3.8) is 0 Å². The van der Waals surface area contributed by atoms with Gasteiger partial charge in [0, 0.05) is 11.4 Å². The van der Waals surface area contributed by atoms with Gasteiger partial charge >= 0.3 is 0 Å². The van der Waals surface area contributed by atoms with E-state index in [1.54, 1.807) is 0 Å². The number of pyridine rings is 1. The lowest BCUT2D eigenvalue weighted by Gasteiger charge is -2.23. The summed E-state index contributed by atoms with van der Waals surface area (Å²) in [4.78, 5) is 9.04. The normalized spacial score (nSPS) is 13.3. The second-order valence-corrected chi connectivity index (χ2v) is 6.32. The predicted octanol–water partition coefficient (Wildman–Crippen LogP) is 4.55. The molecule has 1 atom stereocenters. The third-order valence-electron chi connectivity index (χ3n) is 4.42. The first-order valence-corrected chi connectivity index (χ1v) is 8.14. The molecule has 2 aromatic heterocycles. The molecule has 2 N–H and O–H groups in total. The molecule has 0 amide bonds. The Balaban J connectivity index is 2.25. The molecule has 4 heteroatoms. The number of hydrogen-bond donors (Lipinski definition) is 1. The van der Waals surface area contributed by atoms with Gasteiger partial charge in [-0.25, -0.2) is 9.97 Å². The molecular weight excluding hydrogens is 272 g/mol. The maximum absolute atomic E-state index is 6.13. The Morgan fingerprint density at radius 3 is 2.73 bits per heavy atom. The summed E-state index contributed by atoms with van der Waals surface area (Å²) >= 11 is 0. The summed E-state index contributed by atoms with van der Waals surface area (Å²) in [7, 11) is 0. The molecule has 0 fully saturated rings. The number of nitrogen functional groups attached to an aromatic ring is 1. The van der Waals surface area contributed by atoms with Crippen LogP contribution in [-0.4, -0.2) is 14.5 Å². The largest absolute Gasteiger partial charge is 0.382 e. The van der Waals surface area contributed by atoms with Crippen molar-refractivity contribution in [2.24, 2.45) is 5.92 Å². The highest BCUT2D eigenvalue weighted by Gasteiger charge is 2.20. The fraction of sp³-hybridized carbons (Fsp3) is 0.444. The number of para-hydroxylation sites is 1. The Morgan fingerprint density at radius 1 is 1.23 bits per heavy atom. The van der Waals surface area contributed by atoms with Crippen LogP contribution in [0.3, 0.4) is 0 Å². The van der Waals surface area contributed by atoms with E-state index in [9.17, 15) is 0 Å². The summed E-state index contributed by atoms with van der Waals surface area (Å²) < 4.78 is 2.32. The van der Waals surface area contributed by atoms with E-state index >= 15 is 0 Å². The van der Waals surface area contributed by atoms with E-state index in [4.69, 9.17) is 5.73 Å². The highest BCUT2D eigenvalue weighted by atomic mass is 15.1. The lowest BCUT2D eigenvalue weighted by atomic mass is 9.98. The van der Waals surface area contributed by atoms with Crippen LogP contribution in [0.1, 0.15) is 46.1 Å². The van der Waals surface area contributed by atoms with E-state index in [-0.39, 0.29) is 0 Å². The maximum atomic E-state index is 6.13. The average molecular weight is 296 g/mol. The SMILES string of the molecule is CCCCC(C(C)C)n1cnc2c(N)nc3ccccc3c21. The number of benzene rings is 1. The summed E-state index contributed by atoms with van der Waals surface area (Å²) in [6.07, 6.45) is 5.53. The Hall–Kier alpha value is -2.10. The molecule has 116 valence electrons. The lowest BCUT2D eigenvalue weighted by Crippen LogP contribution is -2.14. The first-order chi connectivity index (χ1) is 10.6. The summed E-state index contributed by atoms with van der Waals surface area (Å²) in [6, 6.07) is 8.61. The summed E-state index contributed by atoms with van der Waals surface area (Å²) in [5, 5.41) is 1.13. The predicted molar refractivity (Wildman–Crippen MR) is 92.8 cm³/mol. The molecule has 0 radical (unpaired) electrons. The van der Waals surface area contributed by atoms with Gasteiger partial charge < -0.3 is 10.3 Å². The monoisotopic (exact) mass is 296 g/mol. The fourth-order valence-electron chi connectivity index (χ4n) is 3.23. The van der Waals surface area contributed by atoms with Gasteiger partial charge in [-0.15, -0.1) is 0 Å². The van der Waals surface area contributed by atoms with E-state index < -0.39 is 0 Å². The van der Waals surface area contributed by atoms with E-state index in [1.807, 2.05) is 24.5 Å². The minimum absolute atomic E-state index is 0.440. The molecule has 0 aliphatic carbocycles. The molecule has 3 aromatic rings. The van der Waals surface area contributed by atoms with Crippen molar-refractivity contribution < 1.29 is 0 Å². The number of aromatic nitrogens is 3. The van der Waals surface area contributed by atoms with Gasteiger partial charge in [-0.3, -0.25) is 0 Å². The fourth-order valence-corrected chi connectivity index (χ4v) is 3.23. The van der Waals surface area contributed by atoms with Gasteiger partial charge in [0.05, 0.1) is 17.4 Å². The molecule has 22 heavy (non-hydrogen) atoms. The maximum Gasteiger partial charge on any atom is 0.152 e. The van der Waals surface area contributed by atoms with E-state index in [0.29, 0.717) is 17.8 Å². The Morgan fingerprint density at radius 2 is 2.00 bits per heavy atom. The number of unbranched alkanes of at least 4 members (excludes halogenated alkanes) is 1. The number of imidazole rings is 1. The highest BCUT2D eigenvalue weighted by molar-refractivity contribution is 6.06. The van der Waals surface area contributed by atoms with Crippen molar-refractivity contribution in [2.75, 3.05) is 5.73 Å². The number of rotatable bonds is 5. The summed E-state index contributed by atoms with van der Waals surface area (Å²) in [5.74, 6) is 1.07. The van der Waals surface area contributed by atoms with Gasteiger partial charge in [0.1, 0.15) is 5.52 Å². The van der Waals surface area contributed by atoms with Gasteiger partial charge in [0.25, 0.3) is 0 Å². The molecular formula is C18H24N4. The van der Waals surface area contributed by atoms with Crippen molar-refractivity contribution in [2.45, 2.75) is 46.1 Å². The van der Waals surface area contributed by atoms with Crippen molar-refractivity contribution in [3.8, 4) is 0 Å². The molecule has 0 bridgehead atoms. The van der Waals surface area contributed by atoms with Crippen molar-refractivity contribution in [1.82, 2.24) is 14.5 Å². The zero-order valence-electron chi connectivity index (χ0n) is 13.6. The number of nitrogens with two attached hydrogens (primary N) is 1. The first-order valence-electron chi connectivity index (χ1n) is 8.14. The molecule has 4 nitrogen and oxygen atoms in total. The molecule has 0 aliphatic heterocycles. The second-order valence-electron chi connectivity index (χ2n) is 6.32. The third kappa shape index (κ3) is 2.43. The Kier molecular flexibility index (Phi) is 4.01. The van der Waals surface area contributed by atoms with E-state index in [0.717, 1.165) is 28.4 Å². The van der Waals surface area contributed by atoms with Gasteiger partial charge in [0.2, 0.25) is 0 Å². The van der Waals surface area contributed by atoms with Crippen molar-refractivity contribution >= 4 is 27.8 Å². The number of fused-ring (bicyclic) bond motifs is 3. The molecule has 0 aliphatic rings. The molecule has 1 unspecified atom stereocenters. The third-order valence-corrected chi connectivity index (χ3v) is 4.42. The summed E-state index contributed by atoms with van der Waals surface area (Å²) in [6.45, 7) is 6.79. The minimum Gasteiger partial charge on any atom is -0.382 e. The van der Waals surface area contributed by atoms with Crippen LogP contribution in [0, 0.1) is 5.92 Å². The molecule has 0 saturated carbocycles. The van der Waals surface area contributed by atoms with Crippen LogP contribution in [0.2, 0.25) is 0 Å². The van der Waals surface area contributed by atoms with Crippen LogP contribution in [-0.2, 0) is 0 Å². The van der Waals surface area contributed by atoms with Gasteiger partial charge in [-0.1, -0.05) is 51.8 Å². The van der Waals surface area contributed by atoms with E-state index in [1.165, 1.54) is 12.8 Å². The van der Waals surface area contributed by atoms with Crippen molar-refractivity contribution in [3.05, 3.63) is 30.6 Å². The van der Waals surface area contributed by atoms with Crippen LogP contribution in [0.25, 0.3) is 21.9 Å². The number of anilines is 1. The number of nitrogens with zero attached hydrogens (tertiary/aromatic N) is 3. The van der Waals surface area contributed by atoms with Gasteiger partial charge in [-0.05, 0) is 18.4 Å². The lowest BCUT2D eigenvalue weighted by molar-refractivity contribution is 0.352. The molecule has 1 aromatic carbocycles. The van der Waals surface area contributed by atoms with Gasteiger partial charge in [-0.2, -0.15) is 0 Å². The second kappa shape index (κ2) is 5.95. The van der Waals surface area contributed by atoms with Crippen LogP contribution < -0.4 is 5.73 Å². The number of hydrogen-bond acceptors (Lipinski definition) is 3. The van der Waals surface area contributed by atoms with Crippen LogP contribution in [0.4, 0.5) is 5.82 Å². The highest BCUT2D eigenvalue weighted by Crippen LogP contribution is 2.33. The van der Waals surface area contributed by atoms with Crippen LogP contribution in [0.15, 0.2) is 30.6 Å². The molecule has 2 heterocycles. The summed E-state index contributed by atoms with van der Waals surface area (Å²) in [5.41, 5.74) is 9.01. The topological polar surface area (TPSA) is 56.7 Å². The first kappa shape index (κ1) is 14.8. The van der Waals surface area contributed by atoms with Crippen molar-refractivity contribution in [1.29, 1.82) is 0 Å². The minimum atomic E-state index is 0.440. The Bertz CT molecular complexity index is 788. The molecule has 3 rings (SSSR count). The standard InChI is InChI=1S/C18H24N4/c1-4-5-10-15(12(2)3)22-11-20-16-17(22)13-8-6-7-9-14(13)21-18(16)19/h6-9,11-12,15H,4-5,10H2,1-3H3,(H2,19,21). The average Bonchev–Trinajstić information content (AvgIpc) is 2.93. The van der Waals surface area contributed by atoms with Gasteiger partial charge in [0.15, 0.2) is 5.82 Å². The molecule has 0 saturated heterocycles.